The van der Waals surface area contributed by atoms with E-state index >= 15 is 0 Å². The number of benzene rings is 1. The van der Waals surface area contributed by atoms with Crippen molar-refractivity contribution in [2.75, 3.05) is 61.7 Å². The average molecular weight is 506 g/mol. The SMILES string of the molecule is COCCNC(=NCC(=O)N(C)C)N1CCc2cc(OC)c(OC)cc2C1.I. The molecule has 2 rings (SSSR count). The predicted octanol–water partition coefficient (Wildman–Crippen LogP) is 1.36. The molecule has 0 spiro atoms. The van der Waals surface area contributed by atoms with Gasteiger partial charge >= 0.3 is 0 Å². The van der Waals surface area contributed by atoms with Crippen LogP contribution < -0.4 is 14.8 Å². The summed E-state index contributed by atoms with van der Waals surface area (Å²) in [6.45, 7) is 2.79. The molecule has 0 unspecified atom stereocenters. The number of nitrogens with zero attached hydrogens (tertiary/aromatic N) is 3. The molecule has 0 bridgehead atoms. The molecule has 1 amide bonds. The molecule has 1 N–H and O–H groups in total. The number of guanidine groups is 1. The number of methoxy groups -OCH3 is 3. The van der Waals surface area contributed by atoms with Crippen LogP contribution in [0.2, 0.25) is 0 Å². The molecule has 0 aromatic heterocycles. The Kier molecular flexibility index (Phi) is 10.4. The minimum atomic E-state index is -0.0372. The Balaban J connectivity index is 0.00000392. The van der Waals surface area contributed by atoms with Crippen molar-refractivity contribution in [1.29, 1.82) is 0 Å². The highest BCUT2D eigenvalue weighted by Crippen LogP contribution is 2.33. The molecule has 1 aliphatic rings. The summed E-state index contributed by atoms with van der Waals surface area (Å²) in [7, 11) is 8.40. The number of hydrogen-bond donors (Lipinski definition) is 1. The first-order valence-electron chi connectivity index (χ1n) is 8.96. The number of hydrogen-bond acceptors (Lipinski definition) is 5. The first-order valence-corrected chi connectivity index (χ1v) is 8.96. The zero-order valence-corrected chi connectivity index (χ0v) is 19.6. The Morgan fingerprint density at radius 3 is 2.39 bits per heavy atom. The molecule has 0 aliphatic carbocycles. The molecular weight excluding hydrogens is 475 g/mol. The molecule has 1 aliphatic heterocycles. The van der Waals surface area contributed by atoms with E-state index in [1.807, 2.05) is 12.1 Å². The summed E-state index contributed by atoms with van der Waals surface area (Å²) in [5.41, 5.74) is 2.41. The van der Waals surface area contributed by atoms with Crippen LogP contribution in [0.4, 0.5) is 0 Å². The summed E-state index contributed by atoms with van der Waals surface area (Å²) in [5, 5.41) is 3.29. The third-order valence-corrected chi connectivity index (χ3v) is 4.47. The molecule has 158 valence electrons. The van der Waals surface area contributed by atoms with E-state index in [4.69, 9.17) is 14.2 Å². The number of rotatable bonds is 7. The van der Waals surface area contributed by atoms with E-state index in [-0.39, 0.29) is 36.4 Å². The van der Waals surface area contributed by atoms with Crippen molar-refractivity contribution in [3.05, 3.63) is 23.3 Å². The number of carbonyl (C=O) groups excluding carboxylic acids is 1. The van der Waals surface area contributed by atoms with E-state index in [0.717, 1.165) is 18.7 Å². The van der Waals surface area contributed by atoms with Gasteiger partial charge < -0.3 is 29.3 Å². The number of carbonyl (C=O) groups is 1. The fourth-order valence-corrected chi connectivity index (χ4v) is 2.88. The van der Waals surface area contributed by atoms with Crippen molar-refractivity contribution in [3.63, 3.8) is 0 Å². The third kappa shape index (κ3) is 6.40. The van der Waals surface area contributed by atoms with Crippen LogP contribution in [0.25, 0.3) is 0 Å². The quantitative estimate of drug-likeness (QED) is 0.261. The molecule has 0 saturated heterocycles. The molecule has 1 aromatic carbocycles. The molecule has 1 aromatic rings. The standard InChI is InChI=1S/C19H30N4O4.HI/c1-22(2)18(24)12-21-19(20-7-9-25-3)23-8-6-14-10-16(26-4)17(27-5)11-15(14)13-23;/h10-11H,6-9,12-13H2,1-5H3,(H,20,21);1H. The zero-order valence-electron chi connectivity index (χ0n) is 17.3. The Morgan fingerprint density at radius 1 is 1.18 bits per heavy atom. The van der Waals surface area contributed by atoms with Crippen LogP contribution in [0.15, 0.2) is 17.1 Å². The Hall–Kier alpha value is -1.75. The molecule has 0 saturated carbocycles. The van der Waals surface area contributed by atoms with E-state index in [9.17, 15) is 4.79 Å². The number of halogens is 1. The van der Waals surface area contributed by atoms with Gasteiger partial charge in [-0.05, 0) is 29.7 Å². The number of amides is 1. The van der Waals surface area contributed by atoms with Crippen LogP contribution in [0.3, 0.4) is 0 Å². The molecule has 1 heterocycles. The molecule has 0 fully saturated rings. The van der Waals surface area contributed by atoms with Crippen LogP contribution in [0, 0.1) is 0 Å². The molecule has 9 heteroatoms. The number of nitrogens with one attached hydrogen (secondary N) is 1. The number of likely N-dealkylation sites (N-methyl/N-ethyl adjacent to an activating group) is 1. The van der Waals surface area contributed by atoms with Gasteiger partial charge in [0.2, 0.25) is 5.91 Å². The number of aliphatic imine (C=N–C) groups is 1. The van der Waals surface area contributed by atoms with Gasteiger partial charge in [-0.1, -0.05) is 0 Å². The van der Waals surface area contributed by atoms with Crippen molar-refractivity contribution >= 4 is 35.8 Å². The number of ether oxygens (including phenoxy) is 3. The van der Waals surface area contributed by atoms with Crippen molar-refractivity contribution in [3.8, 4) is 11.5 Å². The van der Waals surface area contributed by atoms with Gasteiger partial charge in [0.05, 0.1) is 20.8 Å². The largest absolute Gasteiger partial charge is 0.493 e. The van der Waals surface area contributed by atoms with Gasteiger partial charge in [-0.2, -0.15) is 0 Å². The van der Waals surface area contributed by atoms with E-state index in [1.165, 1.54) is 11.1 Å². The summed E-state index contributed by atoms with van der Waals surface area (Å²) < 4.78 is 15.9. The van der Waals surface area contributed by atoms with Crippen LogP contribution >= 0.6 is 24.0 Å². The maximum Gasteiger partial charge on any atom is 0.243 e. The third-order valence-electron chi connectivity index (χ3n) is 4.47. The number of fused-ring (bicyclic) bond motifs is 1. The highest BCUT2D eigenvalue weighted by Gasteiger charge is 2.22. The second kappa shape index (κ2) is 11.9. The summed E-state index contributed by atoms with van der Waals surface area (Å²) in [6.07, 6.45) is 0.863. The van der Waals surface area contributed by atoms with Crippen molar-refractivity contribution < 1.29 is 19.0 Å². The van der Waals surface area contributed by atoms with Gasteiger partial charge in [0, 0.05) is 40.8 Å². The monoisotopic (exact) mass is 506 g/mol. The lowest BCUT2D eigenvalue weighted by Crippen LogP contribution is -2.45. The van der Waals surface area contributed by atoms with E-state index in [1.54, 1.807) is 40.3 Å². The van der Waals surface area contributed by atoms with Crippen LogP contribution in [-0.2, 0) is 22.5 Å². The molecule has 8 nitrogen and oxygen atoms in total. The van der Waals surface area contributed by atoms with Crippen molar-refractivity contribution in [2.24, 2.45) is 4.99 Å². The molecule has 0 radical (unpaired) electrons. The summed E-state index contributed by atoms with van der Waals surface area (Å²) >= 11 is 0. The Morgan fingerprint density at radius 2 is 1.82 bits per heavy atom. The van der Waals surface area contributed by atoms with Gasteiger partial charge in [0.1, 0.15) is 6.54 Å². The van der Waals surface area contributed by atoms with E-state index < -0.39 is 0 Å². The van der Waals surface area contributed by atoms with E-state index in [0.29, 0.717) is 31.4 Å². The highest BCUT2D eigenvalue weighted by molar-refractivity contribution is 14.0. The Bertz CT molecular complexity index is 682. The second-order valence-electron chi connectivity index (χ2n) is 6.50. The van der Waals surface area contributed by atoms with Crippen molar-refractivity contribution in [2.45, 2.75) is 13.0 Å². The van der Waals surface area contributed by atoms with Gasteiger partial charge in [-0.15, -0.1) is 24.0 Å². The molecule has 28 heavy (non-hydrogen) atoms. The van der Waals surface area contributed by atoms with Crippen LogP contribution in [0.1, 0.15) is 11.1 Å². The van der Waals surface area contributed by atoms with Crippen LogP contribution in [-0.4, -0.2) is 83.3 Å². The lowest BCUT2D eigenvalue weighted by atomic mass is 9.99. The predicted molar refractivity (Wildman–Crippen MR) is 120 cm³/mol. The zero-order chi connectivity index (χ0) is 19.8. The van der Waals surface area contributed by atoms with Gasteiger partial charge in [-0.3, -0.25) is 4.79 Å². The summed E-state index contributed by atoms with van der Waals surface area (Å²) in [4.78, 5) is 20.1. The minimum Gasteiger partial charge on any atom is -0.493 e. The normalized spacial score (nSPS) is 13.3. The first-order chi connectivity index (χ1) is 13.0. The van der Waals surface area contributed by atoms with Crippen molar-refractivity contribution in [1.82, 2.24) is 15.1 Å². The second-order valence-corrected chi connectivity index (χ2v) is 6.50. The lowest BCUT2D eigenvalue weighted by molar-refractivity contribution is -0.127. The summed E-state index contributed by atoms with van der Waals surface area (Å²) in [6, 6.07) is 4.05. The van der Waals surface area contributed by atoms with Gasteiger partial charge in [-0.25, -0.2) is 4.99 Å². The fourth-order valence-electron chi connectivity index (χ4n) is 2.88. The van der Waals surface area contributed by atoms with Crippen LogP contribution in [0.5, 0.6) is 11.5 Å². The fraction of sp³-hybridized carbons (Fsp3) is 0.579. The highest BCUT2D eigenvalue weighted by atomic mass is 127. The molecular formula is C19H31IN4O4. The summed E-state index contributed by atoms with van der Waals surface area (Å²) in [5.74, 6) is 2.13. The maximum atomic E-state index is 11.9. The smallest absolute Gasteiger partial charge is 0.243 e. The lowest BCUT2D eigenvalue weighted by Gasteiger charge is -2.32. The van der Waals surface area contributed by atoms with Gasteiger partial charge in [0.15, 0.2) is 17.5 Å². The van der Waals surface area contributed by atoms with Gasteiger partial charge in [0.25, 0.3) is 0 Å². The minimum absolute atomic E-state index is 0. The molecule has 0 atom stereocenters. The Labute approximate surface area is 184 Å². The average Bonchev–Trinajstić information content (AvgIpc) is 2.68. The van der Waals surface area contributed by atoms with E-state index in [2.05, 4.69) is 15.2 Å². The first kappa shape index (κ1) is 24.3. The maximum absolute atomic E-state index is 11.9. The topological polar surface area (TPSA) is 75.6 Å².